The second-order valence-corrected chi connectivity index (χ2v) is 6.18. The highest BCUT2D eigenvalue weighted by Crippen LogP contribution is 2.41. The molecule has 0 spiro atoms. The van der Waals surface area contributed by atoms with Crippen LogP contribution in [0.25, 0.3) is 0 Å². The fraction of sp³-hybridized carbons (Fsp3) is 0.786. The van der Waals surface area contributed by atoms with Crippen LogP contribution in [0, 0.1) is 0 Å². The Morgan fingerprint density at radius 1 is 1.19 bits per heavy atom. The molecule has 1 aliphatic heterocycles. The van der Waals surface area contributed by atoms with E-state index in [0.29, 0.717) is 12.8 Å². The summed E-state index contributed by atoms with van der Waals surface area (Å²) >= 11 is 0. The molecule has 0 bridgehead atoms. The molecule has 1 atom stereocenters. The van der Waals surface area contributed by atoms with E-state index < -0.39 is 17.9 Å². The number of hydrogen-bond acceptors (Lipinski definition) is 3. The Labute approximate surface area is 122 Å². The smallest absolute Gasteiger partial charge is 0.324 e. The molecule has 4 nitrogen and oxygen atoms in total. The average molecular weight is 302 g/mol. The van der Waals surface area contributed by atoms with Gasteiger partial charge >= 0.3 is 6.18 Å². The number of aromatic nitrogens is 2. The highest BCUT2D eigenvalue weighted by Gasteiger charge is 2.42. The molecule has 3 rings (SSSR count). The topological polar surface area (TPSA) is 47.1 Å². The van der Waals surface area contributed by atoms with Crippen molar-refractivity contribution in [2.45, 2.75) is 50.4 Å². The van der Waals surface area contributed by atoms with Crippen molar-refractivity contribution < 1.29 is 13.2 Å². The Kier molecular flexibility index (Phi) is 3.73. The lowest BCUT2D eigenvalue weighted by atomic mass is 9.90. The summed E-state index contributed by atoms with van der Waals surface area (Å²) < 4.78 is 41.4. The summed E-state index contributed by atoms with van der Waals surface area (Å²) in [5, 5.41) is 3.96. The predicted octanol–water partition coefficient (Wildman–Crippen LogP) is 2.50. The first-order chi connectivity index (χ1) is 9.88. The number of nitrogens with zero attached hydrogens (tertiary/aromatic N) is 3. The molecule has 1 aromatic heterocycles. The van der Waals surface area contributed by atoms with Crippen LogP contribution < -0.4 is 5.73 Å². The van der Waals surface area contributed by atoms with Gasteiger partial charge in [-0.3, -0.25) is 4.68 Å². The van der Waals surface area contributed by atoms with E-state index in [0.717, 1.165) is 38.0 Å². The van der Waals surface area contributed by atoms with Crippen LogP contribution in [0.3, 0.4) is 0 Å². The SMILES string of the molecule is CN1CCC(n2nc(C(F)(F)F)c3c2CCCC3N)CC1. The van der Waals surface area contributed by atoms with Gasteiger partial charge in [0.2, 0.25) is 0 Å². The molecule has 0 amide bonds. The third-order valence-corrected chi connectivity index (χ3v) is 4.65. The van der Waals surface area contributed by atoms with Gasteiger partial charge in [0, 0.05) is 17.3 Å². The fourth-order valence-corrected chi connectivity index (χ4v) is 3.51. The third kappa shape index (κ3) is 2.68. The van der Waals surface area contributed by atoms with E-state index in [9.17, 15) is 13.2 Å². The zero-order valence-electron chi connectivity index (χ0n) is 12.2. The molecular weight excluding hydrogens is 281 g/mol. The minimum absolute atomic E-state index is 0.0661. The van der Waals surface area contributed by atoms with Crippen LogP contribution in [0.15, 0.2) is 0 Å². The second-order valence-electron chi connectivity index (χ2n) is 6.18. The Morgan fingerprint density at radius 2 is 1.86 bits per heavy atom. The lowest BCUT2D eigenvalue weighted by Crippen LogP contribution is -2.32. The van der Waals surface area contributed by atoms with E-state index in [1.807, 2.05) is 7.05 Å². The number of nitrogens with two attached hydrogens (primary N) is 1. The van der Waals surface area contributed by atoms with Crippen LogP contribution in [0.1, 0.15) is 54.7 Å². The highest BCUT2D eigenvalue weighted by atomic mass is 19.4. The van der Waals surface area contributed by atoms with Crippen molar-refractivity contribution in [3.63, 3.8) is 0 Å². The summed E-state index contributed by atoms with van der Waals surface area (Å²) in [6.45, 7) is 1.79. The first-order valence-electron chi connectivity index (χ1n) is 7.50. The van der Waals surface area contributed by atoms with Crippen molar-refractivity contribution in [2.24, 2.45) is 5.73 Å². The molecule has 1 fully saturated rings. The van der Waals surface area contributed by atoms with Gasteiger partial charge in [0.15, 0.2) is 5.69 Å². The Morgan fingerprint density at radius 3 is 2.48 bits per heavy atom. The van der Waals surface area contributed by atoms with Gasteiger partial charge in [-0.15, -0.1) is 0 Å². The van der Waals surface area contributed by atoms with Crippen LogP contribution in [-0.4, -0.2) is 34.8 Å². The lowest BCUT2D eigenvalue weighted by molar-refractivity contribution is -0.142. The van der Waals surface area contributed by atoms with Gasteiger partial charge in [-0.1, -0.05) is 0 Å². The number of likely N-dealkylation sites (tertiary alicyclic amines) is 1. The molecule has 1 unspecified atom stereocenters. The molecule has 1 saturated heterocycles. The Hall–Kier alpha value is -1.08. The maximum atomic E-state index is 13.3. The van der Waals surface area contributed by atoms with Crippen molar-refractivity contribution in [1.82, 2.24) is 14.7 Å². The second kappa shape index (κ2) is 5.28. The number of rotatable bonds is 1. The van der Waals surface area contributed by atoms with Crippen molar-refractivity contribution >= 4 is 0 Å². The fourth-order valence-electron chi connectivity index (χ4n) is 3.51. The van der Waals surface area contributed by atoms with Crippen molar-refractivity contribution in [3.8, 4) is 0 Å². The van der Waals surface area contributed by atoms with Crippen molar-refractivity contribution in [1.29, 1.82) is 0 Å². The minimum Gasteiger partial charge on any atom is -0.324 e. The van der Waals surface area contributed by atoms with E-state index in [2.05, 4.69) is 10.00 Å². The molecule has 21 heavy (non-hydrogen) atoms. The summed E-state index contributed by atoms with van der Waals surface area (Å²) in [5.41, 5.74) is 6.15. The minimum atomic E-state index is -4.42. The predicted molar refractivity (Wildman–Crippen MR) is 72.9 cm³/mol. The van der Waals surface area contributed by atoms with E-state index in [1.165, 1.54) is 0 Å². The molecule has 2 heterocycles. The summed E-state index contributed by atoms with van der Waals surface area (Å²) in [4.78, 5) is 2.20. The highest BCUT2D eigenvalue weighted by molar-refractivity contribution is 5.34. The molecule has 1 aliphatic carbocycles. The standard InChI is InChI=1S/C14H21F3N4/c1-20-7-5-9(6-8-20)21-11-4-2-3-10(18)12(11)13(19-21)14(15,16)17/h9-10H,2-8,18H2,1H3. The lowest BCUT2D eigenvalue weighted by Gasteiger charge is -2.31. The summed E-state index contributed by atoms with van der Waals surface area (Å²) in [5.74, 6) is 0. The van der Waals surface area contributed by atoms with Gasteiger partial charge in [0.25, 0.3) is 0 Å². The normalized spacial score (nSPS) is 25.1. The molecular formula is C14H21F3N4. The maximum Gasteiger partial charge on any atom is 0.435 e. The largest absolute Gasteiger partial charge is 0.435 e. The number of halogens is 3. The first kappa shape index (κ1) is 14.8. The molecule has 0 radical (unpaired) electrons. The molecule has 2 aliphatic rings. The van der Waals surface area contributed by atoms with Crippen LogP contribution in [-0.2, 0) is 12.6 Å². The molecule has 1 aromatic rings. The summed E-state index contributed by atoms with van der Waals surface area (Å²) in [6.07, 6.45) is -0.637. The van der Waals surface area contributed by atoms with E-state index in [4.69, 9.17) is 5.73 Å². The first-order valence-corrected chi connectivity index (χ1v) is 7.50. The van der Waals surface area contributed by atoms with E-state index in [1.54, 1.807) is 4.68 Å². The van der Waals surface area contributed by atoms with E-state index >= 15 is 0 Å². The molecule has 2 N–H and O–H groups in total. The number of fused-ring (bicyclic) bond motifs is 1. The average Bonchev–Trinajstić information content (AvgIpc) is 2.81. The van der Waals surface area contributed by atoms with Crippen molar-refractivity contribution in [2.75, 3.05) is 20.1 Å². The van der Waals surface area contributed by atoms with Crippen LogP contribution in [0.4, 0.5) is 13.2 Å². The van der Waals surface area contributed by atoms with Gasteiger partial charge in [-0.2, -0.15) is 18.3 Å². The van der Waals surface area contributed by atoms with Crippen molar-refractivity contribution in [3.05, 3.63) is 17.0 Å². The third-order valence-electron chi connectivity index (χ3n) is 4.65. The zero-order chi connectivity index (χ0) is 15.2. The van der Waals surface area contributed by atoms with Gasteiger partial charge in [0.1, 0.15) is 0 Å². The van der Waals surface area contributed by atoms with Crippen LogP contribution in [0.2, 0.25) is 0 Å². The number of hydrogen-bond donors (Lipinski definition) is 1. The summed E-state index contributed by atoms with van der Waals surface area (Å²) in [7, 11) is 2.03. The van der Waals surface area contributed by atoms with Crippen LogP contribution >= 0.6 is 0 Å². The van der Waals surface area contributed by atoms with Gasteiger partial charge in [0.05, 0.1) is 6.04 Å². The Balaban J connectivity index is 2.01. The van der Waals surface area contributed by atoms with E-state index in [-0.39, 0.29) is 11.6 Å². The van der Waals surface area contributed by atoms with Gasteiger partial charge < -0.3 is 10.6 Å². The quantitative estimate of drug-likeness (QED) is 0.867. The molecule has 7 heteroatoms. The number of piperidine rings is 1. The zero-order valence-corrected chi connectivity index (χ0v) is 12.2. The van der Waals surface area contributed by atoms with Gasteiger partial charge in [-0.25, -0.2) is 0 Å². The summed E-state index contributed by atoms with van der Waals surface area (Å²) in [6, 6.07) is -0.471. The molecule has 118 valence electrons. The Bertz CT molecular complexity index is 515. The molecule has 0 saturated carbocycles. The number of alkyl halides is 3. The van der Waals surface area contributed by atoms with Crippen LogP contribution in [0.5, 0.6) is 0 Å². The molecule has 0 aromatic carbocycles. The van der Waals surface area contributed by atoms with Gasteiger partial charge in [-0.05, 0) is 52.2 Å². The maximum absolute atomic E-state index is 13.3. The monoisotopic (exact) mass is 302 g/mol.